The van der Waals surface area contributed by atoms with E-state index < -0.39 is 0 Å². The van der Waals surface area contributed by atoms with Crippen LogP contribution in [0.1, 0.15) is 43.3 Å². The van der Waals surface area contributed by atoms with Crippen molar-refractivity contribution in [1.82, 2.24) is 24.2 Å². The molecule has 1 aromatic carbocycles. The Morgan fingerprint density at radius 1 is 1.00 bits per heavy atom. The first kappa shape index (κ1) is 20.5. The highest BCUT2D eigenvalue weighted by Gasteiger charge is 2.21. The monoisotopic (exact) mass is 444 g/mol. The van der Waals surface area contributed by atoms with Gasteiger partial charge < -0.3 is 0 Å². The van der Waals surface area contributed by atoms with Crippen LogP contribution in [0.3, 0.4) is 0 Å². The minimum absolute atomic E-state index is 0.0800. The van der Waals surface area contributed by atoms with Crippen LogP contribution in [-0.4, -0.2) is 30.4 Å². The zero-order valence-electron chi connectivity index (χ0n) is 18.2. The summed E-state index contributed by atoms with van der Waals surface area (Å²) < 4.78 is 3.42. The second-order valence-electron chi connectivity index (χ2n) is 7.83. The number of benzene rings is 1. The van der Waals surface area contributed by atoms with E-state index in [4.69, 9.17) is 15.0 Å². The number of nitrogens with zero attached hydrogens (tertiary/aromatic N) is 6. The molecule has 0 unspecified atom stereocenters. The maximum atomic E-state index is 13.6. The van der Waals surface area contributed by atoms with Crippen molar-refractivity contribution < 1.29 is 0 Å². The summed E-state index contributed by atoms with van der Waals surface area (Å²) in [6, 6.07) is 11.6. The van der Waals surface area contributed by atoms with Gasteiger partial charge in [-0.2, -0.15) is 9.78 Å². The van der Waals surface area contributed by atoms with Gasteiger partial charge in [0.1, 0.15) is 16.7 Å². The van der Waals surface area contributed by atoms with Gasteiger partial charge in [-0.15, -0.1) is 11.3 Å². The highest BCUT2D eigenvalue weighted by molar-refractivity contribution is 7.11. The fourth-order valence-electron chi connectivity index (χ4n) is 3.96. The molecule has 0 amide bonds. The number of unbranched alkanes of at least 4 members (excludes halogenated alkanes) is 3. The molecule has 0 bridgehead atoms. The van der Waals surface area contributed by atoms with Crippen LogP contribution in [0.4, 0.5) is 0 Å². The van der Waals surface area contributed by atoms with Gasteiger partial charge in [0.2, 0.25) is 0 Å². The van der Waals surface area contributed by atoms with Crippen molar-refractivity contribution >= 4 is 50.8 Å². The van der Waals surface area contributed by atoms with Crippen molar-refractivity contribution in [2.75, 3.05) is 0 Å². The third-order valence-corrected chi connectivity index (χ3v) is 6.42. The average molecular weight is 445 g/mol. The van der Waals surface area contributed by atoms with E-state index in [2.05, 4.69) is 12.0 Å². The molecule has 0 N–H and O–H groups in total. The van der Waals surface area contributed by atoms with Crippen LogP contribution < -0.4 is 5.56 Å². The van der Waals surface area contributed by atoms with Gasteiger partial charge in [-0.1, -0.05) is 44.4 Å². The molecule has 4 heterocycles. The predicted molar refractivity (Wildman–Crippen MR) is 131 cm³/mol. The largest absolute Gasteiger partial charge is 0.296 e. The van der Waals surface area contributed by atoms with Crippen LogP contribution in [0.15, 0.2) is 51.7 Å². The Morgan fingerprint density at radius 3 is 2.56 bits per heavy atom. The summed E-state index contributed by atoms with van der Waals surface area (Å²) >= 11 is 1.59. The summed E-state index contributed by atoms with van der Waals surface area (Å²) in [5, 5.41) is 7.13. The molecule has 0 spiro atoms. The first-order valence-electron chi connectivity index (χ1n) is 10.9. The summed E-state index contributed by atoms with van der Waals surface area (Å²) in [7, 11) is 0. The Morgan fingerprint density at radius 2 is 1.81 bits per heavy atom. The minimum Gasteiger partial charge on any atom is -0.296 e. The van der Waals surface area contributed by atoms with Crippen molar-refractivity contribution in [2.45, 2.75) is 46.1 Å². The molecule has 5 aromatic rings. The standard InChI is InChI=1S/C24H24N6OS/c1-3-4-5-8-13-29-16(2)26-22-20(24(29)31)21-23(28-19-12-7-6-11-18(19)27-21)30(22)25-15-17-10-9-14-32-17/h6-7,9-12,14-15H,3-5,8,13H2,1-2H3. The third kappa shape index (κ3) is 3.60. The summed E-state index contributed by atoms with van der Waals surface area (Å²) in [5.74, 6) is 0.680. The quantitative estimate of drug-likeness (QED) is 0.258. The Labute approximate surface area is 189 Å². The average Bonchev–Trinajstić information content (AvgIpc) is 3.41. The Balaban J connectivity index is 1.76. The van der Waals surface area contributed by atoms with Crippen LogP contribution in [0.5, 0.6) is 0 Å². The van der Waals surface area contributed by atoms with Crippen molar-refractivity contribution in [3.8, 4) is 0 Å². The molecule has 7 nitrogen and oxygen atoms in total. The number of hydrogen-bond acceptors (Lipinski definition) is 6. The zero-order valence-corrected chi connectivity index (χ0v) is 19.0. The highest BCUT2D eigenvalue weighted by Crippen LogP contribution is 2.25. The molecule has 0 aliphatic rings. The van der Waals surface area contributed by atoms with Gasteiger partial charge in [0.05, 0.1) is 17.2 Å². The number of rotatable bonds is 7. The molecule has 32 heavy (non-hydrogen) atoms. The molecule has 8 heteroatoms. The number of hydrogen-bond donors (Lipinski definition) is 0. The number of fused-ring (bicyclic) bond motifs is 4. The topological polar surface area (TPSA) is 78.0 Å². The Bertz CT molecular complexity index is 1500. The first-order chi connectivity index (χ1) is 15.7. The molecule has 0 fully saturated rings. The fourth-order valence-corrected chi connectivity index (χ4v) is 4.54. The number of para-hydroxylation sites is 2. The molecule has 0 radical (unpaired) electrons. The maximum Gasteiger partial charge on any atom is 0.265 e. The van der Waals surface area contributed by atoms with Crippen LogP contribution in [0, 0.1) is 6.92 Å². The van der Waals surface area contributed by atoms with E-state index in [0.717, 1.165) is 41.6 Å². The van der Waals surface area contributed by atoms with Gasteiger partial charge in [-0.25, -0.2) is 15.0 Å². The van der Waals surface area contributed by atoms with Crippen LogP contribution in [0.25, 0.3) is 33.2 Å². The minimum atomic E-state index is -0.0800. The van der Waals surface area contributed by atoms with Crippen LogP contribution in [-0.2, 0) is 6.54 Å². The normalized spacial score (nSPS) is 12.1. The second-order valence-corrected chi connectivity index (χ2v) is 8.81. The van der Waals surface area contributed by atoms with E-state index in [0.29, 0.717) is 34.6 Å². The smallest absolute Gasteiger partial charge is 0.265 e. The summed E-state index contributed by atoms with van der Waals surface area (Å²) in [5.41, 5.74) is 3.00. The molecule has 0 aliphatic carbocycles. The van der Waals surface area contributed by atoms with E-state index >= 15 is 0 Å². The lowest BCUT2D eigenvalue weighted by molar-refractivity contribution is 0.556. The molecule has 4 aromatic heterocycles. The molecular weight excluding hydrogens is 420 g/mol. The van der Waals surface area contributed by atoms with Crippen molar-refractivity contribution in [1.29, 1.82) is 0 Å². The van der Waals surface area contributed by atoms with Crippen molar-refractivity contribution in [2.24, 2.45) is 5.10 Å². The summed E-state index contributed by atoms with van der Waals surface area (Å²) in [6.45, 7) is 4.71. The van der Waals surface area contributed by atoms with E-state index in [1.165, 1.54) is 0 Å². The number of aromatic nitrogens is 5. The zero-order chi connectivity index (χ0) is 22.1. The second kappa shape index (κ2) is 8.63. The highest BCUT2D eigenvalue weighted by atomic mass is 32.1. The van der Waals surface area contributed by atoms with Gasteiger partial charge in [0.25, 0.3) is 5.56 Å². The van der Waals surface area contributed by atoms with Crippen molar-refractivity contribution in [3.63, 3.8) is 0 Å². The summed E-state index contributed by atoms with van der Waals surface area (Å²) in [6.07, 6.45) is 6.14. The Hall–Kier alpha value is -3.39. The van der Waals surface area contributed by atoms with E-state index in [1.807, 2.05) is 48.7 Å². The van der Waals surface area contributed by atoms with E-state index in [1.54, 1.807) is 26.8 Å². The molecule has 5 rings (SSSR count). The third-order valence-electron chi connectivity index (χ3n) is 5.61. The number of aryl methyl sites for hydroxylation is 1. The van der Waals surface area contributed by atoms with Crippen LogP contribution in [0.2, 0.25) is 0 Å². The lowest BCUT2D eigenvalue weighted by Gasteiger charge is -2.09. The molecule has 0 saturated carbocycles. The first-order valence-corrected chi connectivity index (χ1v) is 11.8. The predicted octanol–water partition coefficient (Wildman–Crippen LogP) is 5.13. The van der Waals surface area contributed by atoms with Gasteiger partial charge in [0, 0.05) is 11.4 Å². The molecule has 0 saturated heterocycles. The molecule has 162 valence electrons. The molecular formula is C24H24N6OS. The van der Waals surface area contributed by atoms with Crippen molar-refractivity contribution in [3.05, 3.63) is 62.8 Å². The Kier molecular flexibility index (Phi) is 5.53. The van der Waals surface area contributed by atoms with Gasteiger partial charge in [0.15, 0.2) is 11.3 Å². The van der Waals surface area contributed by atoms with Gasteiger partial charge in [-0.05, 0) is 36.9 Å². The van der Waals surface area contributed by atoms with E-state index in [-0.39, 0.29) is 5.56 Å². The van der Waals surface area contributed by atoms with E-state index in [9.17, 15) is 4.79 Å². The lowest BCUT2D eigenvalue weighted by Crippen LogP contribution is -2.24. The maximum absolute atomic E-state index is 13.6. The molecule has 0 atom stereocenters. The van der Waals surface area contributed by atoms with Crippen LogP contribution >= 0.6 is 11.3 Å². The SMILES string of the molecule is CCCCCCn1c(C)nc2c(c1=O)c1nc3ccccc3nc1n2N=Cc1cccs1. The summed E-state index contributed by atoms with van der Waals surface area (Å²) in [4.78, 5) is 29.0. The van der Waals surface area contributed by atoms with Gasteiger partial charge >= 0.3 is 0 Å². The fraction of sp³-hybridized carbons (Fsp3) is 0.292. The lowest BCUT2D eigenvalue weighted by atomic mass is 10.2. The van der Waals surface area contributed by atoms with Gasteiger partial charge in [-0.3, -0.25) is 9.36 Å². The molecule has 0 aliphatic heterocycles. The number of thiophene rings is 1.